The molecule has 0 saturated heterocycles. The molecule has 1 aliphatic heterocycles. The first-order valence-electron chi connectivity index (χ1n) is 5.58. The summed E-state index contributed by atoms with van der Waals surface area (Å²) in [5, 5.41) is 9.97. The predicted molar refractivity (Wildman–Crippen MR) is 65.0 cm³/mol. The molecule has 6 heteroatoms. The fourth-order valence-corrected chi connectivity index (χ4v) is 1.90. The van der Waals surface area contributed by atoms with Crippen LogP contribution in [0.15, 0.2) is 29.2 Å². The van der Waals surface area contributed by atoms with Crippen molar-refractivity contribution in [1.29, 1.82) is 0 Å². The van der Waals surface area contributed by atoms with Crippen molar-refractivity contribution in [3.63, 3.8) is 0 Å². The van der Waals surface area contributed by atoms with E-state index in [0.29, 0.717) is 19.5 Å². The zero-order valence-electron chi connectivity index (χ0n) is 10.00. The Labute approximate surface area is 104 Å². The third kappa shape index (κ3) is 2.78. The van der Waals surface area contributed by atoms with Crippen molar-refractivity contribution in [2.75, 3.05) is 13.1 Å². The topological polar surface area (TPSA) is 71.8 Å². The molecule has 96 valence electrons. The van der Waals surface area contributed by atoms with Crippen LogP contribution in [-0.4, -0.2) is 34.0 Å². The van der Waals surface area contributed by atoms with E-state index in [4.69, 9.17) is 5.11 Å². The van der Waals surface area contributed by atoms with Crippen LogP contribution in [0.5, 0.6) is 0 Å². The number of carboxylic acid groups (broad SMARTS) is 1. The Morgan fingerprint density at radius 1 is 1.44 bits per heavy atom. The first kappa shape index (κ1) is 12.4. The number of pyridine rings is 1. The van der Waals surface area contributed by atoms with Crippen molar-refractivity contribution < 1.29 is 14.7 Å². The average Bonchev–Trinajstić information content (AvgIpc) is 2.32. The lowest BCUT2D eigenvalue weighted by atomic mass is 10.0. The van der Waals surface area contributed by atoms with Crippen molar-refractivity contribution in [2.45, 2.75) is 6.42 Å². The fraction of sp³-hybridized carbons (Fsp3) is 0.333. The lowest BCUT2D eigenvalue weighted by molar-refractivity contribution is -0.111. The Kier molecular flexibility index (Phi) is 3.47. The molecule has 0 aliphatic carbocycles. The number of carbonyl (C=O) groups is 1. The molecule has 1 aromatic heterocycles. The summed E-state index contributed by atoms with van der Waals surface area (Å²) in [6, 6.07) is 3.23. The summed E-state index contributed by atoms with van der Waals surface area (Å²) in [4.78, 5) is 26.4. The molecular formula is C12H14N2O4. The molecule has 1 aromatic rings. The minimum atomic E-state index is -1.31. The van der Waals surface area contributed by atoms with E-state index in [1.807, 2.05) is 6.08 Å². The standard InChI is InChI=1S/C12H14N2O4/c1-13-7-10(4-5-11(13)15)9-3-2-6-14(8-9)18-12(16)17/h3-5,7H,2,6,8H2,1H3,(H,16,17). The van der Waals surface area contributed by atoms with E-state index in [0.717, 1.165) is 11.1 Å². The van der Waals surface area contributed by atoms with Crippen LogP contribution in [0.2, 0.25) is 0 Å². The molecule has 0 aromatic carbocycles. The van der Waals surface area contributed by atoms with Crippen LogP contribution in [-0.2, 0) is 11.9 Å². The highest BCUT2D eigenvalue weighted by atomic mass is 16.8. The van der Waals surface area contributed by atoms with Crippen LogP contribution in [0.3, 0.4) is 0 Å². The summed E-state index contributed by atoms with van der Waals surface area (Å²) in [5.41, 5.74) is 1.78. The quantitative estimate of drug-likeness (QED) is 0.850. The van der Waals surface area contributed by atoms with Gasteiger partial charge in [-0.05, 0) is 23.6 Å². The van der Waals surface area contributed by atoms with Gasteiger partial charge in [-0.3, -0.25) is 4.79 Å². The second-order valence-corrected chi connectivity index (χ2v) is 4.11. The zero-order valence-corrected chi connectivity index (χ0v) is 10.00. The Morgan fingerprint density at radius 2 is 2.22 bits per heavy atom. The molecule has 0 radical (unpaired) electrons. The molecule has 6 nitrogen and oxygen atoms in total. The summed E-state index contributed by atoms with van der Waals surface area (Å²) in [5.74, 6) is 0. The number of aromatic nitrogens is 1. The molecule has 0 amide bonds. The van der Waals surface area contributed by atoms with Crippen LogP contribution in [0.1, 0.15) is 12.0 Å². The highest BCUT2D eigenvalue weighted by Gasteiger charge is 2.17. The van der Waals surface area contributed by atoms with E-state index in [1.54, 1.807) is 19.3 Å². The van der Waals surface area contributed by atoms with Gasteiger partial charge in [-0.2, -0.15) is 0 Å². The maximum atomic E-state index is 11.3. The van der Waals surface area contributed by atoms with Gasteiger partial charge in [-0.1, -0.05) is 6.08 Å². The SMILES string of the molecule is Cn1cc(C2=CCCN(OC(=O)O)C2)ccc1=O. The molecule has 0 atom stereocenters. The van der Waals surface area contributed by atoms with E-state index in [9.17, 15) is 9.59 Å². The average molecular weight is 250 g/mol. The maximum Gasteiger partial charge on any atom is 0.525 e. The van der Waals surface area contributed by atoms with Crippen LogP contribution < -0.4 is 5.56 Å². The van der Waals surface area contributed by atoms with Crippen molar-refractivity contribution >= 4 is 11.7 Å². The molecule has 18 heavy (non-hydrogen) atoms. The molecule has 0 spiro atoms. The molecule has 2 heterocycles. The maximum absolute atomic E-state index is 11.3. The molecule has 2 rings (SSSR count). The highest BCUT2D eigenvalue weighted by Crippen LogP contribution is 2.19. The van der Waals surface area contributed by atoms with Crippen LogP contribution in [0, 0.1) is 0 Å². The number of hydrogen-bond acceptors (Lipinski definition) is 4. The van der Waals surface area contributed by atoms with Crippen molar-refractivity contribution in [1.82, 2.24) is 9.63 Å². The summed E-state index contributed by atoms with van der Waals surface area (Å²) in [6.07, 6.45) is 3.17. The van der Waals surface area contributed by atoms with E-state index in [-0.39, 0.29) is 5.56 Å². The number of hydroxylamine groups is 2. The van der Waals surface area contributed by atoms with E-state index in [2.05, 4.69) is 4.84 Å². The van der Waals surface area contributed by atoms with Gasteiger partial charge in [0.1, 0.15) is 0 Å². The second-order valence-electron chi connectivity index (χ2n) is 4.11. The van der Waals surface area contributed by atoms with Gasteiger partial charge < -0.3 is 14.5 Å². The smallest absolute Gasteiger partial charge is 0.448 e. The lowest BCUT2D eigenvalue weighted by Crippen LogP contribution is -2.32. The number of rotatable bonds is 2. The molecule has 0 saturated carbocycles. The minimum absolute atomic E-state index is 0.0752. The number of aryl methyl sites for hydroxylation is 1. The Morgan fingerprint density at radius 3 is 2.89 bits per heavy atom. The van der Waals surface area contributed by atoms with Gasteiger partial charge in [0.15, 0.2) is 0 Å². The summed E-state index contributed by atoms with van der Waals surface area (Å²) in [6.45, 7) is 0.937. The number of hydrogen-bond donors (Lipinski definition) is 1. The lowest BCUT2D eigenvalue weighted by Gasteiger charge is -2.24. The van der Waals surface area contributed by atoms with Gasteiger partial charge >= 0.3 is 6.16 Å². The molecule has 1 N–H and O–H groups in total. The van der Waals surface area contributed by atoms with Crippen LogP contribution >= 0.6 is 0 Å². The van der Waals surface area contributed by atoms with E-state index >= 15 is 0 Å². The second kappa shape index (κ2) is 5.05. The molecule has 0 unspecified atom stereocenters. The zero-order chi connectivity index (χ0) is 13.1. The summed E-state index contributed by atoms with van der Waals surface area (Å²) < 4.78 is 1.49. The van der Waals surface area contributed by atoms with Crippen LogP contribution in [0.4, 0.5) is 4.79 Å². The predicted octanol–water partition coefficient (Wildman–Crippen LogP) is 1.08. The van der Waals surface area contributed by atoms with Crippen molar-refractivity contribution in [3.8, 4) is 0 Å². The van der Waals surface area contributed by atoms with Gasteiger partial charge in [-0.25, -0.2) is 4.79 Å². The van der Waals surface area contributed by atoms with Gasteiger partial charge in [0.05, 0.1) is 6.54 Å². The first-order chi connectivity index (χ1) is 8.56. The third-order valence-electron chi connectivity index (χ3n) is 2.78. The molecule has 0 bridgehead atoms. The highest BCUT2D eigenvalue weighted by molar-refractivity contribution is 5.67. The van der Waals surface area contributed by atoms with Gasteiger partial charge in [0.2, 0.25) is 5.56 Å². The minimum Gasteiger partial charge on any atom is -0.448 e. The van der Waals surface area contributed by atoms with Gasteiger partial charge in [-0.15, -0.1) is 5.06 Å². The largest absolute Gasteiger partial charge is 0.525 e. The first-order valence-corrected chi connectivity index (χ1v) is 5.58. The summed E-state index contributed by atoms with van der Waals surface area (Å²) in [7, 11) is 1.68. The molecular weight excluding hydrogens is 236 g/mol. The molecule has 0 fully saturated rings. The Balaban J connectivity index is 2.18. The molecule has 1 aliphatic rings. The van der Waals surface area contributed by atoms with Gasteiger partial charge in [0, 0.05) is 25.9 Å². The van der Waals surface area contributed by atoms with Crippen molar-refractivity contribution in [2.24, 2.45) is 7.05 Å². The Bertz CT molecular complexity index is 547. The third-order valence-corrected chi connectivity index (χ3v) is 2.78. The van der Waals surface area contributed by atoms with Crippen LogP contribution in [0.25, 0.3) is 5.57 Å². The Hall–Kier alpha value is -2.08. The summed E-state index contributed by atoms with van der Waals surface area (Å²) >= 11 is 0. The van der Waals surface area contributed by atoms with E-state index < -0.39 is 6.16 Å². The van der Waals surface area contributed by atoms with Gasteiger partial charge in [0.25, 0.3) is 0 Å². The number of nitrogens with zero attached hydrogens (tertiary/aromatic N) is 2. The monoisotopic (exact) mass is 250 g/mol. The normalized spacial score (nSPS) is 16.2. The van der Waals surface area contributed by atoms with Crippen molar-refractivity contribution in [3.05, 3.63) is 40.3 Å². The fourth-order valence-electron chi connectivity index (χ4n) is 1.90. The van der Waals surface area contributed by atoms with E-state index in [1.165, 1.54) is 15.7 Å².